The molecule has 1 saturated heterocycles. The molecular weight excluding hydrogens is 517 g/mol. The van der Waals surface area contributed by atoms with Crippen LogP contribution in [0.4, 0.5) is 5.82 Å². The summed E-state index contributed by atoms with van der Waals surface area (Å²) in [4.78, 5) is 51.3. The Hall–Kier alpha value is -1.33. The van der Waals surface area contributed by atoms with Gasteiger partial charge in [-0.3, -0.25) is 9.09 Å². The summed E-state index contributed by atoms with van der Waals surface area (Å²) in [6.07, 6.45) is -2.62. The lowest BCUT2D eigenvalue weighted by molar-refractivity contribution is -0.0541. The Kier molecular flexibility index (Phi) is 8.89. The van der Waals surface area contributed by atoms with Crippen molar-refractivity contribution in [2.24, 2.45) is 5.73 Å². The van der Waals surface area contributed by atoms with E-state index in [1.54, 1.807) is 0 Å². The molecule has 1 aliphatic heterocycles. The molecule has 0 amide bonds. The van der Waals surface area contributed by atoms with Gasteiger partial charge in [0.05, 0.1) is 6.61 Å². The molecule has 3 unspecified atom stereocenters. The van der Waals surface area contributed by atoms with E-state index < -0.39 is 60.3 Å². The topological polar surface area (TPSA) is 296 Å². The van der Waals surface area contributed by atoms with Crippen LogP contribution in [0.3, 0.4) is 0 Å². The molecular formula is C12H21N4O14P3. The molecule has 1 aromatic heterocycles. The molecule has 0 saturated carbocycles. The molecule has 0 bridgehead atoms. The highest BCUT2D eigenvalue weighted by molar-refractivity contribution is 7.66. The van der Waals surface area contributed by atoms with Crippen molar-refractivity contribution >= 4 is 35.4 Å². The molecule has 1 aromatic rings. The molecule has 1 aliphatic rings. The number of aromatic nitrogens is 2. The van der Waals surface area contributed by atoms with Crippen LogP contribution in [0.2, 0.25) is 0 Å². The highest BCUT2D eigenvalue weighted by atomic mass is 31.3. The van der Waals surface area contributed by atoms with Gasteiger partial charge >= 0.3 is 29.2 Å². The highest BCUT2D eigenvalue weighted by Crippen LogP contribution is 2.66. The first-order valence-corrected chi connectivity index (χ1v) is 13.1. The van der Waals surface area contributed by atoms with Crippen LogP contribution < -0.4 is 17.2 Å². The second kappa shape index (κ2) is 10.5. The molecule has 0 aromatic carbocycles. The van der Waals surface area contributed by atoms with Crippen molar-refractivity contribution in [3.8, 4) is 0 Å². The lowest BCUT2D eigenvalue weighted by Crippen LogP contribution is -2.36. The minimum absolute atomic E-state index is 0.141. The van der Waals surface area contributed by atoms with Crippen molar-refractivity contribution in [1.29, 1.82) is 0 Å². The maximum absolute atomic E-state index is 12.2. The average molecular weight is 538 g/mol. The highest BCUT2D eigenvalue weighted by Gasteiger charge is 2.46. The van der Waals surface area contributed by atoms with Crippen LogP contribution in [-0.2, 0) is 31.6 Å². The number of rotatable bonds is 10. The fraction of sp³-hybridized carbons (Fsp3) is 0.500. The summed E-state index contributed by atoms with van der Waals surface area (Å²) < 4.78 is 51.3. The Balaban J connectivity index is 2.14. The fourth-order valence-electron chi connectivity index (χ4n) is 2.57. The summed E-state index contributed by atoms with van der Waals surface area (Å²) in [5.41, 5.74) is 10.2. The smallest absolute Gasteiger partial charge is 0.387 e. The lowest BCUT2D eigenvalue weighted by Gasteiger charge is -2.19. The van der Waals surface area contributed by atoms with Crippen LogP contribution in [0.25, 0.3) is 6.08 Å². The number of hydrogen-bond donors (Lipinski definition) is 8. The van der Waals surface area contributed by atoms with Gasteiger partial charge in [0.25, 0.3) is 0 Å². The predicted octanol–water partition coefficient (Wildman–Crippen LogP) is -2.24. The van der Waals surface area contributed by atoms with Gasteiger partial charge < -0.3 is 46.0 Å². The normalized spacial score (nSPS) is 27.5. The summed E-state index contributed by atoms with van der Waals surface area (Å²) in [5, 5.41) is 20.4. The number of phosphoric ester groups is 1. The zero-order valence-electron chi connectivity index (χ0n) is 16.3. The summed E-state index contributed by atoms with van der Waals surface area (Å²) >= 11 is 0. The predicted molar refractivity (Wildman–Crippen MR) is 107 cm³/mol. The van der Waals surface area contributed by atoms with E-state index in [1.165, 1.54) is 12.2 Å². The molecule has 0 spiro atoms. The summed E-state index contributed by atoms with van der Waals surface area (Å²) in [5.74, 6) is -0.154. The third-order valence-corrected chi connectivity index (χ3v) is 7.68. The minimum atomic E-state index is -5.75. The second-order valence-corrected chi connectivity index (χ2v) is 10.8. The molecule has 1 fully saturated rings. The molecule has 0 radical (unpaired) electrons. The Labute approximate surface area is 184 Å². The number of phosphoric acid groups is 3. The van der Waals surface area contributed by atoms with E-state index in [-0.39, 0.29) is 17.9 Å². The Morgan fingerprint density at radius 2 is 1.76 bits per heavy atom. The standard InChI is InChI=1S/C12H21N4O14P3/c13-3-1-2-6-4-16(12(19)15-10(6)14)11-9(18)8(17)7(28-11)5-27-32(23,24)30-33(25,26)29-31(20,21)22/h1-2,4,7-9,11,17-18H,3,5,13H2,(H,23,24)(H,25,26)(H2,14,15,19)(H2,20,21,22)/t7-,8?,9+,11-/m1/s1. The van der Waals surface area contributed by atoms with Crippen molar-refractivity contribution < 1.29 is 61.4 Å². The van der Waals surface area contributed by atoms with Gasteiger partial charge in [-0.25, -0.2) is 18.5 Å². The SMILES string of the molecule is NCC=Cc1cn([C@@H]2O[C@H](COP(=O)(O)OP(=O)(O)OP(=O)(O)O)C(O)[C@@H]2O)c(=O)nc1N. The Morgan fingerprint density at radius 1 is 1.12 bits per heavy atom. The summed E-state index contributed by atoms with van der Waals surface area (Å²) in [7, 11) is -16.8. The lowest BCUT2D eigenvalue weighted by atomic mass is 10.1. The van der Waals surface area contributed by atoms with Gasteiger partial charge in [-0.05, 0) is 0 Å². The zero-order chi connectivity index (χ0) is 25.2. The quantitative estimate of drug-likeness (QED) is 0.146. The molecule has 21 heteroatoms. The molecule has 33 heavy (non-hydrogen) atoms. The number of aliphatic hydroxyl groups is 2. The van der Waals surface area contributed by atoms with Gasteiger partial charge in [-0.2, -0.15) is 13.6 Å². The number of nitrogens with two attached hydrogens (primary N) is 2. The van der Waals surface area contributed by atoms with Crippen molar-refractivity contribution in [1.82, 2.24) is 9.55 Å². The zero-order valence-corrected chi connectivity index (χ0v) is 19.0. The maximum Gasteiger partial charge on any atom is 0.490 e. The van der Waals surface area contributed by atoms with E-state index in [0.717, 1.165) is 10.8 Å². The van der Waals surface area contributed by atoms with E-state index >= 15 is 0 Å². The molecule has 0 aliphatic carbocycles. The first kappa shape index (κ1) is 27.9. The second-order valence-electron chi connectivity index (χ2n) is 6.34. The van der Waals surface area contributed by atoms with Gasteiger partial charge in [-0.15, -0.1) is 0 Å². The van der Waals surface area contributed by atoms with Gasteiger partial charge in [0.1, 0.15) is 24.1 Å². The van der Waals surface area contributed by atoms with E-state index in [1.807, 2.05) is 0 Å². The van der Waals surface area contributed by atoms with Crippen LogP contribution in [-0.4, -0.2) is 70.8 Å². The van der Waals surface area contributed by atoms with Crippen LogP contribution in [0.5, 0.6) is 0 Å². The van der Waals surface area contributed by atoms with Gasteiger partial charge in [0, 0.05) is 18.3 Å². The van der Waals surface area contributed by atoms with E-state index in [0.29, 0.717) is 0 Å². The van der Waals surface area contributed by atoms with Crippen LogP contribution in [0.1, 0.15) is 11.8 Å². The maximum atomic E-state index is 12.2. The molecule has 18 nitrogen and oxygen atoms in total. The van der Waals surface area contributed by atoms with E-state index in [2.05, 4.69) is 18.1 Å². The van der Waals surface area contributed by atoms with Crippen molar-refractivity contribution in [3.05, 3.63) is 28.3 Å². The van der Waals surface area contributed by atoms with Crippen LogP contribution >= 0.6 is 23.5 Å². The number of aliphatic hydroxyl groups excluding tert-OH is 2. The van der Waals surface area contributed by atoms with Crippen LogP contribution in [0, 0.1) is 0 Å². The molecule has 2 heterocycles. The van der Waals surface area contributed by atoms with Crippen molar-refractivity contribution in [3.63, 3.8) is 0 Å². The Bertz CT molecular complexity index is 1090. The number of ether oxygens (including phenoxy) is 1. The van der Waals surface area contributed by atoms with E-state index in [9.17, 15) is 33.6 Å². The largest absolute Gasteiger partial charge is 0.490 e. The number of nitrogens with zero attached hydrogens (tertiary/aromatic N) is 2. The first-order valence-electron chi connectivity index (χ1n) is 8.60. The molecule has 2 rings (SSSR count). The van der Waals surface area contributed by atoms with Gasteiger partial charge in [0.2, 0.25) is 0 Å². The third-order valence-electron chi connectivity index (χ3n) is 3.87. The monoisotopic (exact) mass is 538 g/mol. The fourth-order valence-corrected chi connectivity index (χ4v) is 5.60. The first-order chi connectivity index (χ1) is 15.1. The van der Waals surface area contributed by atoms with Crippen molar-refractivity contribution in [2.45, 2.75) is 24.5 Å². The van der Waals surface area contributed by atoms with E-state index in [4.69, 9.17) is 30.9 Å². The summed E-state index contributed by atoms with van der Waals surface area (Å²) in [6.45, 7) is -0.905. The third kappa shape index (κ3) is 7.85. The molecule has 6 atom stereocenters. The number of hydrogen-bond acceptors (Lipinski definition) is 13. The van der Waals surface area contributed by atoms with Crippen LogP contribution in [0.15, 0.2) is 17.1 Å². The molecule has 188 valence electrons. The molecule has 10 N–H and O–H groups in total. The minimum Gasteiger partial charge on any atom is -0.387 e. The van der Waals surface area contributed by atoms with Gasteiger partial charge in [0.15, 0.2) is 6.23 Å². The average Bonchev–Trinajstić information content (AvgIpc) is 2.91. The number of anilines is 1. The van der Waals surface area contributed by atoms with Gasteiger partial charge in [-0.1, -0.05) is 12.2 Å². The Morgan fingerprint density at radius 3 is 2.33 bits per heavy atom. The number of nitrogen functional groups attached to an aromatic ring is 1. The summed E-state index contributed by atoms with van der Waals surface area (Å²) in [6, 6.07) is 0. The van der Waals surface area contributed by atoms with Crippen molar-refractivity contribution in [2.75, 3.05) is 18.9 Å².